The van der Waals surface area contributed by atoms with Gasteiger partial charge in [-0.3, -0.25) is 9.88 Å². The second kappa shape index (κ2) is 6.66. The van der Waals surface area contributed by atoms with Gasteiger partial charge in [0.2, 0.25) is 0 Å². The molecular formula is C19H24ClN3. The van der Waals surface area contributed by atoms with Crippen molar-refractivity contribution in [2.24, 2.45) is 5.92 Å². The number of nitrogens with zero attached hydrogens (tertiary/aromatic N) is 2. The lowest BCUT2D eigenvalue weighted by Crippen LogP contribution is -2.37. The van der Waals surface area contributed by atoms with E-state index >= 15 is 0 Å². The SMILES string of the molecule is Clc1ccc2c(NCCN3CCC4CCCCC43)ccnc2c1. The van der Waals surface area contributed by atoms with Crippen molar-refractivity contribution < 1.29 is 0 Å². The van der Waals surface area contributed by atoms with Gasteiger partial charge in [-0.2, -0.15) is 0 Å². The minimum atomic E-state index is 0.738. The van der Waals surface area contributed by atoms with Crippen LogP contribution in [0.4, 0.5) is 5.69 Å². The molecule has 0 amide bonds. The monoisotopic (exact) mass is 329 g/mol. The highest BCUT2D eigenvalue weighted by Crippen LogP contribution is 2.35. The minimum absolute atomic E-state index is 0.738. The summed E-state index contributed by atoms with van der Waals surface area (Å²) in [5, 5.41) is 5.49. The Labute approximate surface area is 143 Å². The van der Waals surface area contributed by atoms with Gasteiger partial charge in [-0.15, -0.1) is 0 Å². The molecule has 1 saturated carbocycles. The number of rotatable bonds is 4. The first kappa shape index (κ1) is 15.2. The fraction of sp³-hybridized carbons (Fsp3) is 0.526. The van der Waals surface area contributed by atoms with Crippen molar-refractivity contribution in [1.82, 2.24) is 9.88 Å². The van der Waals surface area contributed by atoms with Crippen LogP contribution in [0, 0.1) is 5.92 Å². The highest BCUT2D eigenvalue weighted by Gasteiger charge is 2.34. The molecule has 2 fully saturated rings. The molecule has 0 spiro atoms. The maximum atomic E-state index is 6.06. The van der Waals surface area contributed by atoms with Gasteiger partial charge in [0.15, 0.2) is 0 Å². The van der Waals surface area contributed by atoms with E-state index in [0.717, 1.165) is 46.7 Å². The third-order valence-corrected chi connectivity index (χ3v) is 5.78. The molecule has 1 aromatic heterocycles. The zero-order valence-corrected chi connectivity index (χ0v) is 14.2. The van der Waals surface area contributed by atoms with E-state index in [1.54, 1.807) is 0 Å². The number of aromatic nitrogens is 1. The molecule has 122 valence electrons. The number of likely N-dealkylation sites (tertiary alicyclic amines) is 1. The third kappa shape index (κ3) is 3.17. The molecule has 2 aliphatic rings. The summed E-state index contributed by atoms with van der Waals surface area (Å²) < 4.78 is 0. The number of fused-ring (bicyclic) bond motifs is 2. The molecule has 1 aliphatic carbocycles. The van der Waals surface area contributed by atoms with E-state index in [-0.39, 0.29) is 0 Å². The Hall–Kier alpha value is -1.32. The van der Waals surface area contributed by atoms with Gasteiger partial charge >= 0.3 is 0 Å². The lowest BCUT2D eigenvalue weighted by atomic mass is 9.85. The number of pyridine rings is 1. The first-order chi connectivity index (χ1) is 11.3. The molecule has 1 aromatic carbocycles. The van der Waals surface area contributed by atoms with E-state index in [1.165, 1.54) is 38.6 Å². The van der Waals surface area contributed by atoms with Crippen LogP contribution in [-0.4, -0.2) is 35.6 Å². The Balaban J connectivity index is 1.40. The van der Waals surface area contributed by atoms with Crippen molar-refractivity contribution >= 4 is 28.2 Å². The average Bonchev–Trinajstić information content (AvgIpc) is 2.98. The van der Waals surface area contributed by atoms with Gasteiger partial charge in [-0.1, -0.05) is 24.4 Å². The number of anilines is 1. The van der Waals surface area contributed by atoms with Gasteiger partial charge < -0.3 is 5.32 Å². The predicted molar refractivity (Wildman–Crippen MR) is 97.2 cm³/mol. The molecule has 4 rings (SSSR count). The first-order valence-corrected chi connectivity index (χ1v) is 9.21. The lowest BCUT2D eigenvalue weighted by Gasteiger charge is -2.31. The minimum Gasteiger partial charge on any atom is -0.383 e. The molecule has 2 aromatic rings. The van der Waals surface area contributed by atoms with Gasteiger partial charge in [0.25, 0.3) is 0 Å². The molecule has 23 heavy (non-hydrogen) atoms. The van der Waals surface area contributed by atoms with Gasteiger partial charge in [-0.25, -0.2) is 0 Å². The molecule has 1 saturated heterocycles. The molecule has 1 aliphatic heterocycles. The summed E-state index contributed by atoms with van der Waals surface area (Å²) in [6.07, 6.45) is 8.97. The fourth-order valence-corrected chi connectivity index (χ4v) is 4.56. The lowest BCUT2D eigenvalue weighted by molar-refractivity contribution is 0.188. The number of hydrogen-bond donors (Lipinski definition) is 1. The standard InChI is InChI=1S/C19H24ClN3/c20-15-5-6-16-17(7-9-21-18(16)13-15)22-10-12-23-11-8-14-3-1-2-4-19(14)23/h5-7,9,13-14,19H,1-4,8,10-12H2,(H,21,22). The largest absolute Gasteiger partial charge is 0.383 e. The van der Waals surface area contributed by atoms with Crippen LogP contribution in [0.2, 0.25) is 5.02 Å². The van der Waals surface area contributed by atoms with Gasteiger partial charge in [0.1, 0.15) is 0 Å². The fourth-order valence-electron chi connectivity index (χ4n) is 4.39. The quantitative estimate of drug-likeness (QED) is 0.891. The summed E-state index contributed by atoms with van der Waals surface area (Å²) in [4.78, 5) is 7.11. The van der Waals surface area contributed by atoms with Crippen molar-refractivity contribution in [1.29, 1.82) is 0 Å². The Morgan fingerprint density at radius 1 is 1.17 bits per heavy atom. The summed E-state index contributed by atoms with van der Waals surface area (Å²) in [7, 11) is 0. The molecule has 2 unspecified atom stereocenters. The van der Waals surface area contributed by atoms with Gasteiger partial charge in [-0.05, 0) is 56.0 Å². The zero-order valence-electron chi connectivity index (χ0n) is 13.5. The molecule has 3 nitrogen and oxygen atoms in total. The Morgan fingerprint density at radius 3 is 3.04 bits per heavy atom. The molecule has 2 heterocycles. The summed E-state index contributed by atoms with van der Waals surface area (Å²) in [5.74, 6) is 0.965. The van der Waals surface area contributed by atoms with Crippen LogP contribution in [0.25, 0.3) is 10.9 Å². The van der Waals surface area contributed by atoms with Crippen LogP contribution in [-0.2, 0) is 0 Å². The zero-order chi connectivity index (χ0) is 15.6. The highest BCUT2D eigenvalue weighted by atomic mass is 35.5. The second-order valence-corrected chi connectivity index (χ2v) is 7.32. The topological polar surface area (TPSA) is 28.2 Å². The molecule has 0 radical (unpaired) electrons. The molecule has 0 bridgehead atoms. The number of benzene rings is 1. The maximum Gasteiger partial charge on any atom is 0.0737 e. The van der Waals surface area contributed by atoms with E-state index in [9.17, 15) is 0 Å². The molecule has 2 atom stereocenters. The van der Waals surface area contributed by atoms with E-state index in [0.29, 0.717) is 0 Å². The molecule has 1 N–H and O–H groups in total. The van der Waals surface area contributed by atoms with E-state index in [4.69, 9.17) is 11.6 Å². The maximum absolute atomic E-state index is 6.06. The summed E-state index contributed by atoms with van der Waals surface area (Å²) in [6.45, 7) is 3.41. The predicted octanol–water partition coefficient (Wildman–Crippen LogP) is 4.56. The Morgan fingerprint density at radius 2 is 2.09 bits per heavy atom. The molecule has 4 heteroatoms. The second-order valence-electron chi connectivity index (χ2n) is 6.88. The van der Waals surface area contributed by atoms with E-state index in [1.807, 2.05) is 18.3 Å². The van der Waals surface area contributed by atoms with Crippen molar-refractivity contribution in [3.8, 4) is 0 Å². The third-order valence-electron chi connectivity index (χ3n) is 5.54. The summed E-state index contributed by atoms with van der Waals surface area (Å²) in [6, 6.07) is 8.82. The Kier molecular flexibility index (Phi) is 4.41. The highest BCUT2D eigenvalue weighted by molar-refractivity contribution is 6.31. The molecular weight excluding hydrogens is 306 g/mol. The first-order valence-electron chi connectivity index (χ1n) is 8.83. The normalized spacial score (nSPS) is 24.7. The van der Waals surface area contributed by atoms with Gasteiger partial charge in [0.05, 0.1) is 5.52 Å². The number of hydrogen-bond acceptors (Lipinski definition) is 3. The van der Waals surface area contributed by atoms with Gasteiger partial charge in [0, 0.05) is 41.4 Å². The summed E-state index contributed by atoms with van der Waals surface area (Å²) >= 11 is 6.06. The van der Waals surface area contributed by atoms with Crippen LogP contribution >= 0.6 is 11.6 Å². The van der Waals surface area contributed by atoms with Crippen LogP contribution in [0.15, 0.2) is 30.5 Å². The van der Waals surface area contributed by atoms with Crippen LogP contribution in [0.1, 0.15) is 32.1 Å². The average molecular weight is 330 g/mol. The van der Waals surface area contributed by atoms with Crippen molar-refractivity contribution in [2.45, 2.75) is 38.1 Å². The van der Waals surface area contributed by atoms with Crippen molar-refractivity contribution in [2.75, 3.05) is 25.0 Å². The van der Waals surface area contributed by atoms with Crippen LogP contribution in [0.3, 0.4) is 0 Å². The van der Waals surface area contributed by atoms with Crippen LogP contribution in [0.5, 0.6) is 0 Å². The number of nitrogens with one attached hydrogen (secondary N) is 1. The van der Waals surface area contributed by atoms with Crippen molar-refractivity contribution in [3.05, 3.63) is 35.5 Å². The van der Waals surface area contributed by atoms with E-state index in [2.05, 4.69) is 27.3 Å². The van der Waals surface area contributed by atoms with Crippen LogP contribution < -0.4 is 5.32 Å². The smallest absolute Gasteiger partial charge is 0.0737 e. The number of halogens is 1. The van der Waals surface area contributed by atoms with Crippen molar-refractivity contribution in [3.63, 3.8) is 0 Å². The van der Waals surface area contributed by atoms with E-state index < -0.39 is 0 Å². The summed E-state index contributed by atoms with van der Waals surface area (Å²) in [5.41, 5.74) is 2.11. The Bertz CT molecular complexity index is 687.